The zero-order valence-electron chi connectivity index (χ0n) is 17.2. The maximum absolute atomic E-state index is 12.5. The Kier molecular flexibility index (Phi) is 6.49. The number of nitrogens with one attached hydrogen (secondary N) is 2. The Bertz CT molecular complexity index is 1030. The molecule has 2 unspecified atom stereocenters. The number of rotatable bonds is 6. The van der Waals surface area contributed by atoms with Crippen molar-refractivity contribution >= 4 is 23.7 Å². The quantitative estimate of drug-likeness (QED) is 0.620. The second kappa shape index (κ2) is 9.25. The minimum Gasteiger partial charge on any atom is -0.481 e. The first kappa shape index (κ1) is 21.8. The fraction of sp³-hybridized carbons (Fsp3) is 0.217. The van der Waals surface area contributed by atoms with E-state index in [1.807, 2.05) is 42.5 Å². The van der Waals surface area contributed by atoms with Gasteiger partial charge in [0.1, 0.15) is 0 Å². The average molecular weight is 421 g/mol. The molecule has 2 aromatic carbocycles. The van der Waals surface area contributed by atoms with Crippen LogP contribution in [0.4, 0.5) is 4.79 Å². The normalized spacial score (nSPS) is 17.0. The van der Waals surface area contributed by atoms with Gasteiger partial charge >= 0.3 is 12.0 Å². The van der Waals surface area contributed by atoms with Gasteiger partial charge in [-0.05, 0) is 23.6 Å². The number of carboxylic acid groups (broad SMARTS) is 1. The molecule has 1 aliphatic rings. The lowest BCUT2D eigenvalue weighted by Crippen LogP contribution is -2.56. The van der Waals surface area contributed by atoms with Crippen LogP contribution in [0.5, 0.6) is 0 Å². The first-order chi connectivity index (χ1) is 14.8. The number of ketones is 1. The van der Waals surface area contributed by atoms with Crippen LogP contribution in [0.1, 0.15) is 24.9 Å². The zero-order chi connectivity index (χ0) is 22.5. The zero-order valence-corrected chi connectivity index (χ0v) is 17.2. The molecule has 2 aromatic rings. The Morgan fingerprint density at radius 1 is 1.03 bits per heavy atom. The van der Waals surface area contributed by atoms with Gasteiger partial charge in [-0.1, -0.05) is 54.6 Å². The summed E-state index contributed by atoms with van der Waals surface area (Å²) in [6.45, 7) is 1.55. The van der Waals surface area contributed by atoms with Gasteiger partial charge < -0.3 is 20.6 Å². The molecule has 8 heteroatoms. The Morgan fingerprint density at radius 2 is 1.65 bits per heavy atom. The molecule has 3 amide bonds. The lowest BCUT2D eigenvalue weighted by molar-refractivity contribution is -0.138. The van der Waals surface area contributed by atoms with Crippen LogP contribution in [-0.4, -0.2) is 46.8 Å². The molecular formula is C23H23N3O5. The predicted octanol–water partition coefficient (Wildman–Crippen LogP) is 2.48. The lowest BCUT2D eigenvalue weighted by Gasteiger charge is -2.27. The number of urea groups is 1. The summed E-state index contributed by atoms with van der Waals surface area (Å²) in [6, 6.07) is 13.9. The molecule has 0 saturated carbocycles. The topological polar surface area (TPSA) is 116 Å². The summed E-state index contributed by atoms with van der Waals surface area (Å²) in [7, 11) is 1.49. The van der Waals surface area contributed by atoms with E-state index in [1.54, 1.807) is 19.1 Å². The molecular weight excluding hydrogens is 398 g/mol. The first-order valence-electron chi connectivity index (χ1n) is 9.70. The second-order valence-electron chi connectivity index (χ2n) is 7.31. The maximum atomic E-state index is 12.5. The van der Waals surface area contributed by atoms with Crippen molar-refractivity contribution in [1.82, 2.24) is 15.5 Å². The summed E-state index contributed by atoms with van der Waals surface area (Å²) in [5, 5.41) is 14.2. The van der Waals surface area contributed by atoms with Crippen molar-refractivity contribution in [2.45, 2.75) is 25.4 Å². The SMILES string of the molecule is CC1=CN(C)C(=O)C(NC(=O)NC(CC(=O)O)c2ccc(-c3ccccc3)cc2)C1=O. The van der Waals surface area contributed by atoms with Crippen LogP contribution in [0.15, 0.2) is 66.4 Å². The fourth-order valence-corrected chi connectivity index (χ4v) is 3.38. The highest BCUT2D eigenvalue weighted by Gasteiger charge is 2.35. The van der Waals surface area contributed by atoms with E-state index in [-0.39, 0.29) is 6.42 Å². The number of carbonyl (C=O) groups excluding carboxylic acids is 3. The molecule has 0 aliphatic carbocycles. The molecule has 0 aromatic heterocycles. The van der Waals surface area contributed by atoms with Crippen LogP contribution in [0.2, 0.25) is 0 Å². The summed E-state index contributed by atoms with van der Waals surface area (Å²) >= 11 is 0. The second-order valence-corrected chi connectivity index (χ2v) is 7.31. The fourth-order valence-electron chi connectivity index (χ4n) is 3.38. The van der Waals surface area contributed by atoms with E-state index < -0.39 is 35.8 Å². The Hall–Kier alpha value is -3.94. The van der Waals surface area contributed by atoms with E-state index in [0.29, 0.717) is 11.1 Å². The van der Waals surface area contributed by atoms with Gasteiger partial charge in [0.25, 0.3) is 5.91 Å². The monoisotopic (exact) mass is 421 g/mol. The molecule has 1 aliphatic heterocycles. The van der Waals surface area contributed by atoms with Crippen molar-refractivity contribution in [3.05, 3.63) is 71.9 Å². The molecule has 3 N–H and O–H groups in total. The van der Waals surface area contributed by atoms with E-state index in [1.165, 1.54) is 18.1 Å². The van der Waals surface area contributed by atoms with Gasteiger partial charge in [-0.15, -0.1) is 0 Å². The lowest BCUT2D eigenvalue weighted by atomic mass is 9.99. The summed E-state index contributed by atoms with van der Waals surface area (Å²) in [4.78, 5) is 49.6. The average Bonchev–Trinajstić information content (AvgIpc) is 2.75. The Morgan fingerprint density at radius 3 is 2.26 bits per heavy atom. The summed E-state index contributed by atoms with van der Waals surface area (Å²) in [5.74, 6) is -2.16. The van der Waals surface area contributed by atoms with Crippen LogP contribution in [-0.2, 0) is 14.4 Å². The van der Waals surface area contributed by atoms with Gasteiger partial charge in [0.05, 0.1) is 12.5 Å². The van der Waals surface area contributed by atoms with Crippen molar-refractivity contribution in [1.29, 1.82) is 0 Å². The van der Waals surface area contributed by atoms with Gasteiger partial charge in [0.2, 0.25) is 0 Å². The van der Waals surface area contributed by atoms with Gasteiger partial charge in [-0.3, -0.25) is 14.4 Å². The molecule has 160 valence electrons. The van der Waals surface area contributed by atoms with Crippen molar-refractivity contribution in [3.63, 3.8) is 0 Å². The van der Waals surface area contributed by atoms with Crippen LogP contribution in [0, 0.1) is 0 Å². The van der Waals surface area contributed by atoms with Crippen LogP contribution in [0.3, 0.4) is 0 Å². The number of nitrogens with zero attached hydrogens (tertiary/aromatic N) is 1. The van der Waals surface area contributed by atoms with Crippen molar-refractivity contribution < 1.29 is 24.3 Å². The smallest absolute Gasteiger partial charge is 0.316 e. The van der Waals surface area contributed by atoms with E-state index in [0.717, 1.165) is 11.1 Å². The number of benzene rings is 2. The number of Topliss-reactive ketones (excluding diaryl/α,β-unsaturated/α-hetero) is 1. The molecule has 31 heavy (non-hydrogen) atoms. The third kappa shape index (κ3) is 5.16. The van der Waals surface area contributed by atoms with Gasteiger partial charge in [-0.2, -0.15) is 0 Å². The predicted molar refractivity (Wildman–Crippen MR) is 114 cm³/mol. The molecule has 0 radical (unpaired) electrons. The number of hydrogen-bond donors (Lipinski definition) is 3. The number of hydrogen-bond acceptors (Lipinski definition) is 4. The number of amides is 3. The Balaban J connectivity index is 1.75. The van der Waals surface area contributed by atoms with Crippen molar-refractivity contribution in [2.75, 3.05) is 7.05 Å². The van der Waals surface area contributed by atoms with Gasteiger partial charge in [-0.25, -0.2) is 4.79 Å². The number of likely N-dealkylation sites (N-methyl/N-ethyl adjacent to an activating group) is 1. The highest BCUT2D eigenvalue weighted by Crippen LogP contribution is 2.23. The van der Waals surface area contributed by atoms with Crippen LogP contribution in [0.25, 0.3) is 11.1 Å². The van der Waals surface area contributed by atoms with Crippen molar-refractivity contribution in [2.24, 2.45) is 0 Å². The highest BCUT2D eigenvalue weighted by atomic mass is 16.4. The molecule has 0 spiro atoms. The summed E-state index contributed by atoms with van der Waals surface area (Å²) < 4.78 is 0. The highest BCUT2D eigenvalue weighted by molar-refractivity contribution is 6.16. The largest absolute Gasteiger partial charge is 0.481 e. The maximum Gasteiger partial charge on any atom is 0.316 e. The molecule has 0 saturated heterocycles. The molecule has 0 bridgehead atoms. The minimum absolute atomic E-state index is 0.339. The van der Waals surface area contributed by atoms with Crippen molar-refractivity contribution in [3.8, 4) is 11.1 Å². The first-order valence-corrected chi connectivity index (χ1v) is 9.70. The molecule has 8 nitrogen and oxygen atoms in total. The number of carboxylic acids is 1. The molecule has 1 heterocycles. The number of aliphatic carboxylic acids is 1. The summed E-state index contributed by atoms with van der Waals surface area (Å²) in [5.41, 5.74) is 2.89. The number of carbonyl (C=O) groups is 4. The van der Waals surface area contributed by atoms with E-state index in [4.69, 9.17) is 0 Å². The molecule has 3 rings (SSSR count). The van der Waals surface area contributed by atoms with E-state index in [2.05, 4.69) is 10.6 Å². The van der Waals surface area contributed by atoms with E-state index in [9.17, 15) is 24.3 Å². The minimum atomic E-state index is -1.35. The standard InChI is InChI=1S/C23H23N3O5/c1-14-13-26(2)22(30)20(21(14)29)25-23(31)24-18(12-19(27)28)17-10-8-16(9-11-17)15-6-4-3-5-7-15/h3-11,13,18,20H,12H2,1-2H3,(H,27,28)(H2,24,25,31). The Labute approximate surface area is 179 Å². The molecule has 0 fully saturated rings. The molecule has 2 atom stereocenters. The van der Waals surface area contributed by atoms with Gasteiger partial charge in [0, 0.05) is 18.8 Å². The van der Waals surface area contributed by atoms with Crippen LogP contribution >= 0.6 is 0 Å². The van der Waals surface area contributed by atoms with E-state index >= 15 is 0 Å². The third-order valence-electron chi connectivity index (χ3n) is 5.01. The third-order valence-corrected chi connectivity index (χ3v) is 5.01. The van der Waals surface area contributed by atoms with Crippen LogP contribution < -0.4 is 10.6 Å². The summed E-state index contributed by atoms with van der Waals surface area (Å²) in [6.07, 6.45) is 1.05. The van der Waals surface area contributed by atoms with Gasteiger partial charge in [0.15, 0.2) is 11.8 Å².